The van der Waals surface area contributed by atoms with Crippen molar-refractivity contribution in [3.8, 4) is 5.75 Å². The summed E-state index contributed by atoms with van der Waals surface area (Å²) in [5, 5.41) is 10.1. The molecule has 2 aliphatic rings. The molecule has 1 aliphatic heterocycles. The van der Waals surface area contributed by atoms with Crippen molar-refractivity contribution in [2.45, 2.75) is 37.1 Å². The zero-order valence-corrected chi connectivity index (χ0v) is 9.35. The van der Waals surface area contributed by atoms with Crippen LogP contribution in [0.1, 0.15) is 30.9 Å². The molecule has 0 amide bonds. The molecule has 3 rings (SSSR count). The van der Waals surface area contributed by atoms with Gasteiger partial charge in [-0.05, 0) is 6.07 Å². The van der Waals surface area contributed by atoms with Crippen molar-refractivity contribution in [2.75, 3.05) is 7.11 Å². The summed E-state index contributed by atoms with van der Waals surface area (Å²) in [6.45, 7) is 0. The summed E-state index contributed by atoms with van der Waals surface area (Å²) >= 11 is 0. The molecule has 0 radical (unpaired) electrons. The van der Waals surface area contributed by atoms with Gasteiger partial charge in [0.15, 0.2) is 0 Å². The summed E-state index contributed by atoms with van der Waals surface area (Å²) in [5.41, 5.74) is 0.725. The summed E-state index contributed by atoms with van der Waals surface area (Å²) < 4.78 is 11.3. The SMILES string of the molecule is COC1CC2(C1)C[C@H](O)c1ccccc1O2. The van der Waals surface area contributed by atoms with Crippen LogP contribution in [0.4, 0.5) is 0 Å². The molecule has 1 aromatic rings. The predicted octanol–water partition coefficient (Wildman–Crippen LogP) is 2.05. The lowest BCUT2D eigenvalue weighted by molar-refractivity contribution is -0.139. The number of hydrogen-bond donors (Lipinski definition) is 1. The van der Waals surface area contributed by atoms with Crippen LogP contribution in [0.25, 0.3) is 0 Å². The molecular formula is C13H16O3. The maximum atomic E-state index is 10.1. The third kappa shape index (κ3) is 1.43. The van der Waals surface area contributed by atoms with Crippen LogP contribution in [0.15, 0.2) is 24.3 Å². The first-order valence-electron chi connectivity index (χ1n) is 5.71. The Hall–Kier alpha value is -1.06. The minimum absolute atomic E-state index is 0.186. The number of methoxy groups -OCH3 is 1. The van der Waals surface area contributed by atoms with E-state index in [1.54, 1.807) is 7.11 Å². The molecule has 0 bridgehead atoms. The summed E-state index contributed by atoms with van der Waals surface area (Å²) in [4.78, 5) is 0. The Bertz CT molecular complexity index is 396. The summed E-state index contributed by atoms with van der Waals surface area (Å²) in [7, 11) is 1.73. The number of benzene rings is 1. The average molecular weight is 220 g/mol. The molecule has 0 unspecified atom stereocenters. The number of hydrogen-bond acceptors (Lipinski definition) is 3. The van der Waals surface area contributed by atoms with Crippen LogP contribution in [0.5, 0.6) is 5.75 Å². The Kier molecular flexibility index (Phi) is 2.19. The summed E-state index contributed by atoms with van der Waals surface area (Å²) in [6, 6.07) is 7.73. The second kappa shape index (κ2) is 3.47. The van der Waals surface area contributed by atoms with Gasteiger partial charge in [-0.1, -0.05) is 18.2 Å². The van der Waals surface area contributed by atoms with E-state index in [1.807, 2.05) is 24.3 Å². The highest BCUT2D eigenvalue weighted by Gasteiger charge is 2.50. The van der Waals surface area contributed by atoms with E-state index in [0.29, 0.717) is 6.42 Å². The van der Waals surface area contributed by atoms with E-state index in [-0.39, 0.29) is 11.7 Å². The Morgan fingerprint density at radius 3 is 2.81 bits per heavy atom. The molecule has 16 heavy (non-hydrogen) atoms. The lowest BCUT2D eigenvalue weighted by atomic mass is 9.71. The van der Waals surface area contributed by atoms with Crippen LogP contribution in [-0.4, -0.2) is 23.9 Å². The number of aliphatic hydroxyl groups is 1. The molecule has 1 aromatic carbocycles. The first-order valence-corrected chi connectivity index (χ1v) is 5.71. The highest BCUT2D eigenvalue weighted by Crippen LogP contribution is 2.49. The Labute approximate surface area is 95.0 Å². The zero-order valence-electron chi connectivity index (χ0n) is 9.35. The third-order valence-corrected chi connectivity index (χ3v) is 3.70. The van der Waals surface area contributed by atoms with Crippen molar-refractivity contribution in [2.24, 2.45) is 0 Å². The standard InChI is InChI=1S/C13H16O3/c1-15-9-6-13(7-9)8-11(14)10-4-2-3-5-12(10)16-13/h2-5,9,11,14H,6-8H2,1H3/t9?,11-,13?/m0/s1. The predicted molar refractivity (Wildman–Crippen MR) is 59.4 cm³/mol. The van der Waals surface area contributed by atoms with E-state index in [2.05, 4.69) is 0 Å². The molecule has 3 heteroatoms. The summed E-state index contributed by atoms with van der Waals surface area (Å²) in [5.74, 6) is 0.829. The molecule has 0 saturated heterocycles. The quantitative estimate of drug-likeness (QED) is 0.787. The molecule has 1 aliphatic carbocycles. The van der Waals surface area contributed by atoms with E-state index in [4.69, 9.17) is 9.47 Å². The fourth-order valence-electron chi connectivity index (χ4n) is 2.77. The second-order valence-electron chi connectivity index (χ2n) is 4.81. The minimum Gasteiger partial charge on any atom is -0.487 e. The fraction of sp³-hybridized carbons (Fsp3) is 0.538. The van der Waals surface area contributed by atoms with Gasteiger partial charge in [0.05, 0.1) is 12.2 Å². The van der Waals surface area contributed by atoms with E-state index in [9.17, 15) is 5.11 Å². The summed E-state index contributed by atoms with van der Waals surface area (Å²) in [6.07, 6.45) is 2.34. The van der Waals surface area contributed by atoms with Crippen molar-refractivity contribution in [3.63, 3.8) is 0 Å². The van der Waals surface area contributed by atoms with Crippen molar-refractivity contribution in [1.82, 2.24) is 0 Å². The molecule has 1 heterocycles. The maximum absolute atomic E-state index is 10.1. The molecule has 1 atom stereocenters. The van der Waals surface area contributed by atoms with Crippen LogP contribution in [0.3, 0.4) is 0 Å². The van der Waals surface area contributed by atoms with Crippen molar-refractivity contribution in [3.05, 3.63) is 29.8 Å². The normalized spacial score (nSPS) is 36.4. The number of aliphatic hydroxyl groups excluding tert-OH is 1. The average Bonchev–Trinajstić information content (AvgIpc) is 2.25. The van der Waals surface area contributed by atoms with Crippen LogP contribution in [0, 0.1) is 0 Å². The zero-order chi connectivity index (χ0) is 11.2. The van der Waals surface area contributed by atoms with Gasteiger partial charge >= 0.3 is 0 Å². The molecule has 0 aromatic heterocycles. The van der Waals surface area contributed by atoms with Crippen molar-refractivity contribution < 1.29 is 14.6 Å². The van der Waals surface area contributed by atoms with Gasteiger partial charge in [0.25, 0.3) is 0 Å². The molecular weight excluding hydrogens is 204 g/mol. The van der Waals surface area contributed by atoms with Gasteiger partial charge in [-0.25, -0.2) is 0 Å². The first kappa shape index (κ1) is 10.1. The maximum Gasteiger partial charge on any atom is 0.125 e. The van der Waals surface area contributed by atoms with Crippen molar-refractivity contribution in [1.29, 1.82) is 0 Å². The second-order valence-corrected chi connectivity index (χ2v) is 4.81. The van der Waals surface area contributed by atoms with Gasteiger partial charge < -0.3 is 14.6 Å². The topological polar surface area (TPSA) is 38.7 Å². The van der Waals surface area contributed by atoms with Crippen LogP contribution >= 0.6 is 0 Å². The smallest absolute Gasteiger partial charge is 0.125 e. The Morgan fingerprint density at radius 2 is 2.06 bits per heavy atom. The molecule has 3 nitrogen and oxygen atoms in total. The number of rotatable bonds is 1. The van der Waals surface area contributed by atoms with Crippen molar-refractivity contribution >= 4 is 0 Å². The van der Waals surface area contributed by atoms with Gasteiger partial charge in [0, 0.05) is 31.9 Å². The Morgan fingerprint density at radius 1 is 1.31 bits per heavy atom. The minimum atomic E-state index is -0.400. The van der Waals surface area contributed by atoms with E-state index in [1.165, 1.54) is 0 Å². The lowest BCUT2D eigenvalue weighted by Crippen LogP contribution is -2.54. The van der Waals surface area contributed by atoms with Crippen LogP contribution in [0.2, 0.25) is 0 Å². The monoisotopic (exact) mass is 220 g/mol. The number of ether oxygens (including phenoxy) is 2. The highest BCUT2D eigenvalue weighted by molar-refractivity contribution is 5.38. The molecule has 1 saturated carbocycles. The fourth-order valence-corrected chi connectivity index (χ4v) is 2.77. The number of fused-ring (bicyclic) bond motifs is 1. The molecule has 86 valence electrons. The van der Waals surface area contributed by atoms with Gasteiger partial charge in [-0.15, -0.1) is 0 Å². The molecule has 1 spiro atoms. The van der Waals surface area contributed by atoms with Gasteiger partial charge in [0.2, 0.25) is 0 Å². The molecule has 1 N–H and O–H groups in total. The van der Waals surface area contributed by atoms with Gasteiger partial charge in [-0.3, -0.25) is 0 Å². The first-order chi connectivity index (χ1) is 7.72. The Balaban J connectivity index is 1.85. The lowest BCUT2D eigenvalue weighted by Gasteiger charge is -2.50. The largest absolute Gasteiger partial charge is 0.487 e. The van der Waals surface area contributed by atoms with Crippen LogP contribution in [-0.2, 0) is 4.74 Å². The van der Waals surface area contributed by atoms with E-state index < -0.39 is 6.10 Å². The van der Waals surface area contributed by atoms with E-state index in [0.717, 1.165) is 24.2 Å². The number of para-hydroxylation sites is 1. The molecule has 1 fully saturated rings. The van der Waals surface area contributed by atoms with Gasteiger partial charge in [-0.2, -0.15) is 0 Å². The van der Waals surface area contributed by atoms with Gasteiger partial charge in [0.1, 0.15) is 11.4 Å². The van der Waals surface area contributed by atoms with Crippen LogP contribution < -0.4 is 4.74 Å². The third-order valence-electron chi connectivity index (χ3n) is 3.70. The van der Waals surface area contributed by atoms with E-state index >= 15 is 0 Å². The highest BCUT2D eigenvalue weighted by atomic mass is 16.5.